The Labute approximate surface area is 108 Å². The Morgan fingerprint density at radius 3 is 2.84 bits per heavy atom. The van der Waals surface area contributed by atoms with Crippen molar-refractivity contribution in [1.29, 1.82) is 0 Å². The molecule has 5 N–H and O–H groups in total. The number of hydrogen-bond acceptors (Lipinski definition) is 6. The molecule has 19 heavy (non-hydrogen) atoms. The molecule has 1 aliphatic heterocycles. The van der Waals surface area contributed by atoms with Crippen LogP contribution in [0.1, 0.15) is 23.3 Å². The van der Waals surface area contributed by atoms with Gasteiger partial charge in [0.2, 0.25) is 11.8 Å². The molecule has 0 aliphatic carbocycles. The SMILES string of the molecule is Nc1ccc(C(=O)O)nc1NC1CCC(=O)NC1=O. The first kappa shape index (κ1) is 12.8. The number of carbonyl (C=O) groups is 3. The number of anilines is 2. The van der Waals surface area contributed by atoms with Gasteiger partial charge in [0, 0.05) is 6.42 Å². The van der Waals surface area contributed by atoms with Gasteiger partial charge in [-0.2, -0.15) is 0 Å². The van der Waals surface area contributed by atoms with E-state index in [9.17, 15) is 14.4 Å². The summed E-state index contributed by atoms with van der Waals surface area (Å²) in [6, 6.07) is 2.01. The highest BCUT2D eigenvalue weighted by atomic mass is 16.4. The van der Waals surface area contributed by atoms with Crippen LogP contribution in [0.2, 0.25) is 0 Å². The van der Waals surface area contributed by atoms with E-state index in [-0.39, 0.29) is 29.5 Å². The van der Waals surface area contributed by atoms with Gasteiger partial charge in [-0.05, 0) is 18.6 Å². The fourth-order valence-electron chi connectivity index (χ4n) is 1.70. The van der Waals surface area contributed by atoms with Crippen LogP contribution in [0.4, 0.5) is 11.5 Å². The first-order valence-electron chi connectivity index (χ1n) is 5.57. The molecule has 0 bridgehead atoms. The number of nitrogens with one attached hydrogen (secondary N) is 2. The second kappa shape index (κ2) is 4.92. The number of rotatable bonds is 3. The van der Waals surface area contributed by atoms with Gasteiger partial charge in [0.15, 0.2) is 11.5 Å². The molecule has 1 aromatic rings. The number of nitrogen functional groups attached to an aromatic ring is 1. The van der Waals surface area contributed by atoms with Crippen LogP contribution in [0.15, 0.2) is 12.1 Å². The van der Waals surface area contributed by atoms with Gasteiger partial charge in [-0.25, -0.2) is 9.78 Å². The first-order valence-corrected chi connectivity index (χ1v) is 5.57. The van der Waals surface area contributed by atoms with E-state index >= 15 is 0 Å². The van der Waals surface area contributed by atoms with Crippen molar-refractivity contribution in [2.75, 3.05) is 11.1 Å². The number of nitrogens with two attached hydrogens (primary N) is 1. The van der Waals surface area contributed by atoms with Gasteiger partial charge in [0.1, 0.15) is 6.04 Å². The lowest BCUT2D eigenvalue weighted by molar-refractivity contribution is -0.133. The van der Waals surface area contributed by atoms with Crippen molar-refractivity contribution in [3.63, 3.8) is 0 Å². The third kappa shape index (κ3) is 2.79. The summed E-state index contributed by atoms with van der Waals surface area (Å²) in [4.78, 5) is 37.2. The largest absolute Gasteiger partial charge is 0.477 e. The van der Waals surface area contributed by atoms with Crippen molar-refractivity contribution in [2.24, 2.45) is 0 Å². The van der Waals surface area contributed by atoms with Crippen molar-refractivity contribution in [3.05, 3.63) is 17.8 Å². The van der Waals surface area contributed by atoms with Crippen LogP contribution in [0.3, 0.4) is 0 Å². The number of carbonyl (C=O) groups excluding carboxylic acids is 2. The molecule has 1 aliphatic rings. The van der Waals surface area contributed by atoms with Crippen molar-refractivity contribution in [2.45, 2.75) is 18.9 Å². The second-order valence-electron chi connectivity index (χ2n) is 4.09. The summed E-state index contributed by atoms with van der Waals surface area (Å²) < 4.78 is 0. The van der Waals surface area contributed by atoms with Crippen molar-refractivity contribution in [3.8, 4) is 0 Å². The minimum Gasteiger partial charge on any atom is -0.477 e. The maximum atomic E-state index is 11.6. The fraction of sp³-hybridized carbons (Fsp3) is 0.273. The van der Waals surface area contributed by atoms with Crippen LogP contribution in [0, 0.1) is 0 Å². The maximum absolute atomic E-state index is 11.6. The number of aromatic carboxylic acids is 1. The normalized spacial score (nSPS) is 18.8. The Balaban J connectivity index is 2.18. The number of amides is 2. The first-order chi connectivity index (χ1) is 8.97. The number of piperidine rings is 1. The summed E-state index contributed by atoms with van der Waals surface area (Å²) in [5, 5.41) is 13.8. The molecule has 1 saturated heterocycles. The molecule has 2 heterocycles. The third-order valence-corrected chi connectivity index (χ3v) is 2.70. The number of pyridine rings is 1. The van der Waals surface area contributed by atoms with E-state index in [1.54, 1.807) is 0 Å². The summed E-state index contributed by atoms with van der Waals surface area (Å²) in [7, 11) is 0. The molecule has 1 aromatic heterocycles. The standard InChI is InChI=1S/C11H12N4O4/c12-5-1-2-7(11(18)19)14-9(5)13-6-3-4-8(16)15-10(6)17/h1-2,6H,3-4,12H2,(H,13,14)(H,18,19)(H,15,16,17). The quantitative estimate of drug-likeness (QED) is 0.544. The fourth-order valence-corrected chi connectivity index (χ4v) is 1.70. The predicted octanol–water partition coefficient (Wildman–Crippen LogP) is -0.421. The van der Waals surface area contributed by atoms with Gasteiger partial charge in [-0.3, -0.25) is 14.9 Å². The number of hydrogen-bond donors (Lipinski definition) is 4. The Hall–Kier alpha value is -2.64. The van der Waals surface area contributed by atoms with E-state index in [1.807, 2.05) is 0 Å². The highest BCUT2D eigenvalue weighted by Gasteiger charge is 2.27. The Morgan fingerprint density at radius 1 is 1.47 bits per heavy atom. The summed E-state index contributed by atoms with van der Waals surface area (Å²) >= 11 is 0. The molecule has 0 spiro atoms. The third-order valence-electron chi connectivity index (χ3n) is 2.70. The minimum absolute atomic E-state index is 0.120. The lowest BCUT2D eigenvalue weighted by Gasteiger charge is -2.22. The molecule has 1 atom stereocenters. The van der Waals surface area contributed by atoms with Crippen LogP contribution < -0.4 is 16.4 Å². The van der Waals surface area contributed by atoms with E-state index in [0.29, 0.717) is 6.42 Å². The van der Waals surface area contributed by atoms with Crippen molar-refractivity contribution < 1.29 is 19.5 Å². The molecule has 8 heteroatoms. The van der Waals surface area contributed by atoms with E-state index in [2.05, 4.69) is 15.6 Å². The molecule has 1 unspecified atom stereocenters. The van der Waals surface area contributed by atoms with Crippen LogP contribution >= 0.6 is 0 Å². The van der Waals surface area contributed by atoms with E-state index in [1.165, 1.54) is 12.1 Å². The van der Waals surface area contributed by atoms with Crippen LogP contribution in [-0.4, -0.2) is 33.9 Å². The minimum atomic E-state index is -1.19. The lowest BCUT2D eigenvalue weighted by atomic mass is 10.1. The van der Waals surface area contributed by atoms with E-state index in [4.69, 9.17) is 10.8 Å². The predicted molar refractivity (Wildman–Crippen MR) is 65.4 cm³/mol. The van der Waals surface area contributed by atoms with Crippen molar-refractivity contribution in [1.82, 2.24) is 10.3 Å². The second-order valence-corrected chi connectivity index (χ2v) is 4.09. The molecular weight excluding hydrogens is 252 g/mol. The van der Waals surface area contributed by atoms with Crippen LogP contribution in [-0.2, 0) is 9.59 Å². The Morgan fingerprint density at radius 2 is 2.21 bits per heavy atom. The number of nitrogens with zero attached hydrogens (tertiary/aromatic N) is 1. The van der Waals surface area contributed by atoms with Gasteiger partial charge in [-0.15, -0.1) is 0 Å². The highest BCUT2D eigenvalue weighted by molar-refractivity contribution is 6.01. The van der Waals surface area contributed by atoms with Crippen LogP contribution in [0.5, 0.6) is 0 Å². The number of carboxylic acids is 1. The number of carboxylic acid groups (broad SMARTS) is 1. The average Bonchev–Trinajstić information content (AvgIpc) is 2.34. The topological polar surface area (TPSA) is 134 Å². The number of imide groups is 1. The Bertz CT molecular complexity index is 558. The van der Waals surface area contributed by atoms with Gasteiger partial charge in [0.25, 0.3) is 0 Å². The summed E-state index contributed by atoms with van der Waals surface area (Å²) in [5.74, 6) is -1.87. The zero-order valence-corrected chi connectivity index (χ0v) is 9.84. The average molecular weight is 264 g/mol. The summed E-state index contributed by atoms with van der Waals surface area (Å²) in [5.41, 5.74) is 5.72. The van der Waals surface area contributed by atoms with Gasteiger partial charge in [-0.1, -0.05) is 0 Å². The van der Waals surface area contributed by atoms with Gasteiger partial charge >= 0.3 is 5.97 Å². The molecule has 0 saturated carbocycles. The zero-order valence-electron chi connectivity index (χ0n) is 9.84. The monoisotopic (exact) mass is 264 g/mol. The molecule has 2 rings (SSSR count). The molecular formula is C11H12N4O4. The molecule has 8 nitrogen and oxygen atoms in total. The summed E-state index contributed by atoms with van der Waals surface area (Å²) in [6.45, 7) is 0. The van der Waals surface area contributed by atoms with Gasteiger partial charge < -0.3 is 16.2 Å². The summed E-state index contributed by atoms with van der Waals surface area (Å²) in [6.07, 6.45) is 0.519. The molecule has 0 radical (unpaired) electrons. The molecule has 100 valence electrons. The smallest absolute Gasteiger partial charge is 0.354 e. The van der Waals surface area contributed by atoms with Crippen LogP contribution in [0.25, 0.3) is 0 Å². The van der Waals surface area contributed by atoms with Crippen molar-refractivity contribution >= 4 is 29.3 Å². The maximum Gasteiger partial charge on any atom is 0.354 e. The number of aromatic nitrogens is 1. The lowest BCUT2D eigenvalue weighted by Crippen LogP contribution is -2.47. The highest BCUT2D eigenvalue weighted by Crippen LogP contribution is 2.19. The molecule has 1 fully saturated rings. The zero-order chi connectivity index (χ0) is 14.0. The van der Waals surface area contributed by atoms with Gasteiger partial charge in [0.05, 0.1) is 5.69 Å². The molecule has 2 amide bonds. The Kier molecular flexibility index (Phi) is 3.32. The van der Waals surface area contributed by atoms with E-state index in [0.717, 1.165) is 0 Å². The van der Waals surface area contributed by atoms with E-state index < -0.39 is 17.9 Å². The molecule has 0 aromatic carbocycles.